The van der Waals surface area contributed by atoms with Gasteiger partial charge in [-0.1, -0.05) is 53.3 Å². The molecule has 2 heterocycles. The molecular formula is C27H21FN2O4S. The number of benzene rings is 3. The number of ether oxygens (including phenoxy) is 1. The van der Waals surface area contributed by atoms with Crippen LogP contribution in [0.5, 0.6) is 5.75 Å². The Morgan fingerprint density at radius 2 is 1.89 bits per heavy atom. The number of aromatic nitrogens is 1. The van der Waals surface area contributed by atoms with Gasteiger partial charge in [-0.25, -0.2) is 9.37 Å². The molecule has 35 heavy (non-hydrogen) atoms. The number of aliphatic hydroxyl groups is 1. The third-order valence-corrected chi connectivity index (χ3v) is 6.82. The number of nitrogens with zero attached hydrogens (tertiary/aromatic N) is 2. The first kappa shape index (κ1) is 22.7. The molecule has 1 N–H and O–H groups in total. The van der Waals surface area contributed by atoms with Gasteiger partial charge < -0.3 is 9.84 Å². The highest BCUT2D eigenvalue weighted by Crippen LogP contribution is 2.44. The molecule has 1 saturated heterocycles. The highest BCUT2D eigenvalue weighted by molar-refractivity contribution is 7.22. The van der Waals surface area contributed by atoms with Crippen molar-refractivity contribution < 1.29 is 23.8 Å². The van der Waals surface area contributed by atoms with Crippen LogP contribution in [0.3, 0.4) is 0 Å². The molecule has 1 aromatic heterocycles. The van der Waals surface area contributed by atoms with Gasteiger partial charge in [-0.05, 0) is 49.7 Å². The van der Waals surface area contributed by atoms with Crippen molar-refractivity contribution in [1.29, 1.82) is 0 Å². The van der Waals surface area contributed by atoms with Crippen molar-refractivity contribution in [3.63, 3.8) is 0 Å². The summed E-state index contributed by atoms with van der Waals surface area (Å²) >= 11 is 1.11. The van der Waals surface area contributed by atoms with Gasteiger partial charge in [0.2, 0.25) is 0 Å². The lowest BCUT2D eigenvalue weighted by Gasteiger charge is -2.23. The predicted molar refractivity (Wildman–Crippen MR) is 133 cm³/mol. The number of fused-ring (bicyclic) bond motifs is 1. The normalized spacial score (nSPS) is 17.3. The molecule has 8 heteroatoms. The van der Waals surface area contributed by atoms with Crippen LogP contribution in [0.4, 0.5) is 9.52 Å². The molecule has 0 radical (unpaired) electrons. The maximum Gasteiger partial charge on any atom is 0.301 e. The van der Waals surface area contributed by atoms with Crippen molar-refractivity contribution in [3.05, 3.63) is 94.8 Å². The standard InChI is InChI=1S/C27H21FN2O4S/c1-3-34-19-6-4-5-17(13-19)24(31)22-23(16-9-7-15(2)8-10-16)30(26(33)25(22)32)27-29-20-12-11-18(28)14-21(20)35-27/h4-14,23,31H,3H2,1-2H3/b24-22+. The van der Waals surface area contributed by atoms with Crippen LogP contribution in [-0.2, 0) is 9.59 Å². The lowest BCUT2D eigenvalue weighted by Crippen LogP contribution is -2.29. The fourth-order valence-electron chi connectivity index (χ4n) is 4.14. The van der Waals surface area contributed by atoms with E-state index in [2.05, 4.69) is 4.98 Å². The van der Waals surface area contributed by atoms with Crippen molar-refractivity contribution in [3.8, 4) is 5.75 Å². The zero-order valence-electron chi connectivity index (χ0n) is 19.0. The maximum absolute atomic E-state index is 13.8. The van der Waals surface area contributed by atoms with Gasteiger partial charge in [0.25, 0.3) is 5.78 Å². The van der Waals surface area contributed by atoms with Crippen molar-refractivity contribution in [2.24, 2.45) is 0 Å². The number of ketones is 1. The molecule has 0 aliphatic carbocycles. The van der Waals surface area contributed by atoms with E-state index in [1.807, 2.05) is 38.1 Å². The van der Waals surface area contributed by atoms with Crippen LogP contribution < -0.4 is 9.64 Å². The zero-order valence-corrected chi connectivity index (χ0v) is 19.8. The summed E-state index contributed by atoms with van der Waals surface area (Å²) in [5.74, 6) is -1.81. The molecule has 5 rings (SSSR count). The fraction of sp³-hybridized carbons (Fsp3) is 0.148. The second kappa shape index (κ2) is 8.96. The van der Waals surface area contributed by atoms with Crippen LogP contribution in [0.15, 0.2) is 72.3 Å². The van der Waals surface area contributed by atoms with E-state index in [1.54, 1.807) is 24.3 Å². The SMILES string of the molecule is CCOc1cccc(/C(O)=C2\C(=O)C(=O)N(c3nc4ccc(F)cc4s3)C2c2ccc(C)cc2)c1. The summed E-state index contributed by atoms with van der Waals surface area (Å²) in [4.78, 5) is 32.4. The summed E-state index contributed by atoms with van der Waals surface area (Å²) in [6, 6.07) is 17.4. The monoisotopic (exact) mass is 488 g/mol. The van der Waals surface area contributed by atoms with E-state index in [0.717, 1.165) is 16.9 Å². The van der Waals surface area contributed by atoms with Gasteiger partial charge in [0.05, 0.1) is 28.4 Å². The van der Waals surface area contributed by atoms with Gasteiger partial charge in [0, 0.05) is 5.56 Å². The van der Waals surface area contributed by atoms with Crippen molar-refractivity contribution >= 4 is 44.1 Å². The van der Waals surface area contributed by atoms with Gasteiger partial charge in [-0.2, -0.15) is 0 Å². The second-order valence-electron chi connectivity index (χ2n) is 8.15. The first-order valence-electron chi connectivity index (χ1n) is 11.0. The van der Waals surface area contributed by atoms with Gasteiger partial charge in [-0.15, -0.1) is 0 Å². The number of anilines is 1. The molecule has 1 unspecified atom stereocenters. The summed E-state index contributed by atoms with van der Waals surface area (Å²) in [7, 11) is 0. The number of halogens is 1. The largest absolute Gasteiger partial charge is 0.507 e. The molecular weight excluding hydrogens is 467 g/mol. The minimum Gasteiger partial charge on any atom is -0.507 e. The average Bonchev–Trinajstić information content (AvgIpc) is 3.37. The van der Waals surface area contributed by atoms with E-state index in [0.29, 0.717) is 33.7 Å². The Balaban J connectivity index is 1.71. The number of hydrogen-bond acceptors (Lipinski definition) is 6. The number of aliphatic hydroxyl groups excluding tert-OH is 1. The molecule has 1 atom stereocenters. The number of thiazole rings is 1. The van der Waals surface area contributed by atoms with Crippen LogP contribution in [-0.4, -0.2) is 28.4 Å². The lowest BCUT2D eigenvalue weighted by atomic mass is 9.95. The fourth-order valence-corrected chi connectivity index (χ4v) is 5.16. The second-order valence-corrected chi connectivity index (χ2v) is 9.16. The maximum atomic E-state index is 13.8. The molecule has 0 saturated carbocycles. The number of carbonyl (C=O) groups is 2. The molecule has 1 aliphatic rings. The molecule has 1 fully saturated rings. The van der Waals surface area contributed by atoms with E-state index in [-0.39, 0.29) is 16.5 Å². The number of rotatable bonds is 5. The Morgan fingerprint density at radius 3 is 2.63 bits per heavy atom. The van der Waals surface area contributed by atoms with E-state index in [1.165, 1.54) is 23.1 Å². The number of Topliss-reactive ketones (excluding diaryl/α,β-unsaturated/α-hetero) is 1. The molecule has 176 valence electrons. The molecule has 3 aromatic carbocycles. The Kier molecular flexibility index (Phi) is 5.82. The minimum atomic E-state index is -0.906. The summed E-state index contributed by atoms with van der Waals surface area (Å²) in [5, 5.41) is 11.5. The van der Waals surface area contributed by atoms with E-state index in [4.69, 9.17) is 4.74 Å². The molecule has 1 amide bonds. The lowest BCUT2D eigenvalue weighted by molar-refractivity contribution is -0.132. The number of amides is 1. The minimum absolute atomic E-state index is 0.0436. The van der Waals surface area contributed by atoms with Crippen LogP contribution in [0.1, 0.15) is 29.7 Å². The quantitative estimate of drug-likeness (QED) is 0.219. The Hall–Kier alpha value is -4.04. The highest BCUT2D eigenvalue weighted by Gasteiger charge is 2.48. The molecule has 4 aromatic rings. The van der Waals surface area contributed by atoms with Gasteiger partial charge in [-0.3, -0.25) is 14.5 Å². The Bertz CT molecular complexity index is 1490. The highest BCUT2D eigenvalue weighted by atomic mass is 32.1. The van der Waals surface area contributed by atoms with Gasteiger partial charge in [0.1, 0.15) is 17.3 Å². The summed E-state index contributed by atoms with van der Waals surface area (Å²) in [5.41, 5.74) is 2.48. The smallest absolute Gasteiger partial charge is 0.301 e. The van der Waals surface area contributed by atoms with Crippen molar-refractivity contribution in [2.75, 3.05) is 11.5 Å². The topological polar surface area (TPSA) is 79.7 Å². The zero-order chi connectivity index (χ0) is 24.7. The molecule has 0 bridgehead atoms. The Morgan fingerprint density at radius 1 is 1.11 bits per heavy atom. The third kappa shape index (κ3) is 4.06. The molecule has 1 aliphatic heterocycles. The van der Waals surface area contributed by atoms with Crippen LogP contribution in [0, 0.1) is 12.7 Å². The van der Waals surface area contributed by atoms with Crippen LogP contribution in [0.25, 0.3) is 16.0 Å². The van der Waals surface area contributed by atoms with E-state index >= 15 is 0 Å². The third-order valence-electron chi connectivity index (χ3n) is 5.80. The number of hydrogen-bond donors (Lipinski definition) is 1. The first-order valence-corrected chi connectivity index (χ1v) is 11.9. The van der Waals surface area contributed by atoms with E-state index < -0.39 is 23.5 Å². The van der Waals surface area contributed by atoms with E-state index in [9.17, 15) is 19.1 Å². The van der Waals surface area contributed by atoms with Gasteiger partial charge in [0.15, 0.2) is 5.13 Å². The molecule has 0 spiro atoms. The average molecular weight is 489 g/mol. The number of aryl methyl sites for hydroxylation is 1. The Labute approximate surface area is 204 Å². The summed E-state index contributed by atoms with van der Waals surface area (Å²) in [6.07, 6.45) is 0. The van der Waals surface area contributed by atoms with Crippen molar-refractivity contribution in [2.45, 2.75) is 19.9 Å². The van der Waals surface area contributed by atoms with Gasteiger partial charge >= 0.3 is 5.91 Å². The predicted octanol–water partition coefficient (Wildman–Crippen LogP) is 5.77. The molecule has 6 nitrogen and oxygen atoms in total. The summed E-state index contributed by atoms with van der Waals surface area (Å²) in [6.45, 7) is 4.22. The first-order chi connectivity index (χ1) is 16.9. The van der Waals surface area contributed by atoms with Crippen LogP contribution >= 0.6 is 11.3 Å². The number of carbonyl (C=O) groups excluding carboxylic acids is 2. The summed E-state index contributed by atoms with van der Waals surface area (Å²) < 4.78 is 19.9. The van der Waals surface area contributed by atoms with Crippen LogP contribution in [0.2, 0.25) is 0 Å². The van der Waals surface area contributed by atoms with Crippen molar-refractivity contribution in [1.82, 2.24) is 4.98 Å².